The Morgan fingerprint density at radius 3 is 2.89 bits per heavy atom. The van der Waals surface area contributed by atoms with Gasteiger partial charge in [0, 0.05) is 19.7 Å². The van der Waals surface area contributed by atoms with E-state index in [1.54, 1.807) is 0 Å². The van der Waals surface area contributed by atoms with Gasteiger partial charge in [0.1, 0.15) is 0 Å². The van der Waals surface area contributed by atoms with E-state index in [2.05, 4.69) is 10.6 Å². The highest BCUT2D eigenvalue weighted by Crippen LogP contribution is 2.10. The highest BCUT2D eigenvalue weighted by atomic mass is 16.5. The zero-order chi connectivity index (χ0) is 12.6. The molecule has 0 aromatic heterocycles. The lowest BCUT2D eigenvalue weighted by molar-refractivity contribution is -0.120. The predicted molar refractivity (Wildman–Crippen MR) is 70.1 cm³/mol. The highest BCUT2D eigenvalue weighted by molar-refractivity contribution is 5.77. The molecule has 1 aromatic rings. The van der Waals surface area contributed by atoms with Gasteiger partial charge in [-0.3, -0.25) is 4.79 Å². The third kappa shape index (κ3) is 4.47. The van der Waals surface area contributed by atoms with Crippen molar-refractivity contribution in [3.63, 3.8) is 0 Å². The first-order valence-corrected chi connectivity index (χ1v) is 6.47. The van der Waals surface area contributed by atoms with Crippen molar-refractivity contribution in [1.29, 1.82) is 0 Å². The fourth-order valence-electron chi connectivity index (χ4n) is 2.01. The van der Waals surface area contributed by atoms with Gasteiger partial charge in [-0.1, -0.05) is 30.3 Å². The minimum atomic E-state index is 0.0249. The molecular formula is C14H20N2O2. The third-order valence-corrected chi connectivity index (χ3v) is 3.01. The van der Waals surface area contributed by atoms with E-state index in [1.807, 2.05) is 30.3 Å². The summed E-state index contributed by atoms with van der Waals surface area (Å²) in [6.07, 6.45) is 2.51. The van der Waals surface area contributed by atoms with E-state index in [-0.39, 0.29) is 12.0 Å². The van der Waals surface area contributed by atoms with E-state index < -0.39 is 0 Å². The fourth-order valence-corrected chi connectivity index (χ4v) is 2.01. The standard InChI is InChI=1S/C14H20N2O2/c17-14(11-15-10-13-7-4-8-18-13)16-9-12-5-2-1-3-6-12/h1-3,5-6,13,15H,4,7-11H2,(H,16,17). The van der Waals surface area contributed by atoms with Crippen LogP contribution in [0.25, 0.3) is 0 Å². The summed E-state index contributed by atoms with van der Waals surface area (Å²) in [5.74, 6) is 0.0249. The predicted octanol–water partition coefficient (Wildman–Crippen LogP) is 1.07. The Hall–Kier alpha value is -1.39. The second-order valence-corrected chi connectivity index (χ2v) is 4.53. The van der Waals surface area contributed by atoms with E-state index in [1.165, 1.54) is 0 Å². The van der Waals surface area contributed by atoms with Crippen molar-refractivity contribution in [3.8, 4) is 0 Å². The number of ether oxygens (including phenoxy) is 1. The number of amides is 1. The molecule has 0 bridgehead atoms. The first-order chi connectivity index (χ1) is 8.84. The van der Waals surface area contributed by atoms with Gasteiger partial charge < -0.3 is 15.4 Å². The lowest BCUT2D eigenvalue weighted by Crippen LogP contribution is -2.36. The summed E-state index contributed by atoms with van der Waals surface area (Å²) >= 11 is 0. The van der Waals surface area contributed by atoms with E-state index in [9.17, 15) is 4.79 Å². The number of rotatable bonds is 6. The van der Waals surface area contributed by atoms with Crippen LogP contribution in [-0.2, 0) is 16.1 Å². The molecule has 1 aliphatic rings. The van der Waals surface area contributed by atoms with Crippen molar-refractivity contribution in [2.75, 3.05) is 19.7 Å². The maximum Gasteiger partial charge on any atom is 0.234 e. The third-order valence-electron chi connectivity index (χ3n) is 3.01. The molecule has 1 unspecified atom stereocenters. The smallest absolute Gasteiger partial charge is 0.234 e. The van der Waals surface area contributed by atoms with Crippen molar-refractivity contribution in [3.05, 3.63) is 35.9 Å². The Balaban J connectivity index is 1.57. The Kier molecular flexibility index (Phi) is 5.17. The van der Waals surface area contributed by atoms with Gasteiger partial charge in [0.25, 0.3) is 0 Å². The summed E-state index contributed by atoms with van der Waals surface area (Å²) in [7, 11) is 0. The lowest BCUT2D eigenvalue weighted by Gasteiger charge is -2.10. The number of hydrogen-bond donors (Lipinski definition) is 2. The van der Waals surface area contributed by atoms with Gasteiger partial charge in [-0.2, -0.15) is 0 Å². The maximum atomic E-state index is 11.6. The molecule has 1 amide bonds. The zero-order valence-corrected chi connectivity index (χ0v) is 10.5. The van der Waals surface area contributed by atoms with Gasteiger partial charge in [-0.25, -0.2) is 0 Å². The average Bonchev–Trinajstić information content (AvgIpc) is 2.91. The molecule has 4 heteroatoms. The number of carbonyl (C=O) groups excluding carboxylic acids is 1. The number of carbonyl (C=O) groups is 1. The molecule has 0 spiro atoms. The number of benzene rings is 1. The summed E-state index contributed by atoms with van der Waals surface area (Å²) in [4.78, 5) is 11.6. The molecule has 0 saturated carbocycles. The summed E-state index contributed by atoms with van der Waals surface area (Å²) in [6.45, 7) is 2.55. The molecule has 0 radical (unpaired) electrons. The lowest BCUT2D eigenvalue weighted by atomic mass is 10.2. The second kappa shape index (κ2) is 7.13. The first kappa shape index (κ1) is 13.1. The summed E-state index contributed by atoms with van der Waals surface area (Å²) in [5.41, 5.74) is 1.12. The minimum absolute atomic E-state index is 0.0249. The highest BCUT2D eigenvalue weighted by Gasteiger charge is 2.14. The van der Waals surface area contributed by atoms with Crippen LogP contribution in [-0.4, -0.2) is 31.7 Å². The van der Waals surface area contributed by atoms with Crippen LogP contribution in [0.5, 0.6) is 0 Å². The molecule has 4 nitrogen and oxygen atoms in total. The molecule has 98 valence electrons. The number of hydrogen-bond acceptors (Lipinski definition) is 3. The topological polar surface area (TPSA) is 50.4 Å². The Labute approximate surface area is 108 Å². The Morgan fingerprint density at radius 2 is 2.17 bits per heavy atom. The molecule has 2 N–H and O–H groups in total. The molecule has 2 rings (SSSR count). The van der Waals surface area contributed by atoms with Crippen molar-refractivity contribution >= 4 is 5.91 Å². The molecule has 1 aliphatic heterocycles. The zero-order valence-electron chi connectivity index (χ0n) is 10.5. The Morgan fingerprint density at radius 1 is 1.33 bits per heavy atom. The molecule has 1 saturated heterocycles. The van der Waals surface area contributed by atoms with Crippen LogP contribution >= 0.6 is 0 Å². The van der Waals surface area contributed by atoms with Crippen molar-refractivity contribution in [1.82, 2.24) is 10.6 Å². The van der Waals surface area contributed by atoms with Gasteiger partial charge in [0.05, 0.1) is 12.6 Å². The molecule has 1 atom stereocenters. The van der Waals surface area contributed by atoms with Crippen LogP contribution in [0.4, 0.5) is 0 Å². The fraction of sp³-hybridized carbons (Fsp3) is 0.500. The SMILES string of the molecule is O=C(CNCC1CCCO1)NCc1ccccc1. The van der Waals surface area contributed by atoms with Crippen LogP contribution < -0.4 is 10.6 Å². The summed E-state index contributed by atoms with van der Waals surface area (Å²) in [5, 5.41) is 6.01. The largest absolute Gasteiger partial charge is 0.377 e. The van der Waals surface area contributed by atoms with Crippen LogP contribution in [0.1, 0.15) is 18.4 Å². The Bertz CT molecular complexity index is 361. The van der Waals surface area contributed by atoms with Crippen LogP contribution in [0.2, 0.25) is 0 Å². The molecule has 1 fully saturated rings. The first-order valence-electron chi connectivity index (χ1n) is 6.47. The van der Waals surface area contributed by atoms with Crippen LogP contribution in [0, 0.1) is 0 Å². The minimum Gasteiger partial charge on any atom is -0.377 e. The molecule has 0 aliphatic carbocycles. The van der Waals surface area contributed by atoms with Gasteiger partial charge in [0.2, 0.25) is 5.91 Å². The van der Waals surface area contributed by atoms with Crippen molar-refractivity contribution in [2.45, 2.75) is 25.5 Å². The number of nitrogens with one attached hydrogen (secondary N) is 2. The van der Waals surface area contributed by atoms with E-state index in [4.69, 9.17) is 4.74 Å². The van der Waals surface area contributed by atoms with Gasteiger partial charge >= 0.3 is 0 Å². The van der Waals surface area contributed by atoms with Gasteiger partial charge in [-0.05, 0) is 18.4 Å². The maximum absolute atomic E-state index is 11.6. The van der Waals surface area contributed by atoms with E-state index in [0.717, 1.165) is 31.6 Å². The molecule has 18 heavy (non-hydrogen) atoms. The summed E-state index contributed by atoms with van der Waals surface area (Å²) in [6, 6.07) is 9.91. The quantitative estimate of drug-likeness (QED) is 0.792. The monoisotopic (exact) mass is 248 g/mol. The normalized spacial score (nSPS) is 18.8. The van der Waals surface area contributed by atoms with E-state index in [0.29, 0.717) is 13.1 Å². The van der Waals surface area contributed by atoms with Gasteiger partial charge in [0.15, 0.2) is 0 Å². The second-order valence-electron chi connectivity index (χ2n) is 4.53. The van der Waals surface area contributed by atoms with Crippen molar-refractivity contribution in [2.24, 2.45) is 0 Å². The average molecular weight is 248 g/mol. The van der Waals surface area contributed by atoms with Crippen LogP contribution in [0.15, 0.2) is 30.3 Å². The molecular weight excluding hydrogens is 228 g/mol. The summed E-state index contributed by atoms with van der Waals surface area (Å²) < 4.78 is 5.47. The molecule has 1 heterocycles. The van der Waals surface area contributed by atoms with Crippen molar-refractivity contribution < 1.29 is 9.53 Å². The van der Waals surface area contributed by atoms with Gasteiger partial charge in [-0.15, -0.1) is 0 Å². The van der Waals surface area contributed by atoms with E-state index >= 15 is 0 Å². The van der Waals surface area contributed by atoms with Crippen LogP contribution in [0.3, 0.4) is 0 Å². The molecule has 1 aromatic carbocycles.